The van der Waals surface area contributed by atoms with E-state index in [1.54, 1.807) is 0 Å². The lowest BCUT2D eigenvalue weighted by Gasteiger charge is -2.17. The highest BCUT2D eigenvalue weighted by atomic mass is 16.4. The zero-order valence-electron chi connectivity index (χ0n) is 9.08. The lowest BCUT2D eigenvalue weighted by atomic mass is 9.91. The van der Waals surface area contributed by atoms with Crippen LogP contribution in [0.1, 0.15) is 33.1 Å². The quantitative estimate of drug-likeness (QED) is 0.635. The lowest BCUT2D eigenvalue weighted by Crippen LogP contribution is -2.28. The van der Waals surface area contributed by atoms with Gasteiger partial charge in [-0.3, -0.25) is 4.79 Å². The van der Waals surface area contributed by atoms with Gasteiger partial charge in [0.1, 0.15) is 0 Å². The van der Waals surface area contributed by atoms with Crippen molar-refractivity contribution in [2.75, 3.05) is 0 Å². The Kier molecular flexibility index (Phi) is 8.04. The Labute approximate surface area is 84.3 Å². The van der Waals surface area contributed by atoms with Crippen molar-refractivity contribution < 1.29 is 14.7 Å². The number of rotatable bonds is 6. The van der Waals surface area contributed by atoms with E-state index in [1.165, 1.54) is 0 Å². The summed E-state index contributed by atoms with van der Waals surface area (Å²) in [5.74, 6) is -1.38. The second-order valence-electron chi connectivity index (χ2n) is 3.74. The highest BCUT2D eigenvalue weighted by Gasteiger charge is 2.13. The zero-order valence-corrected chi connectivity index (χ0v) is 9.08. The van der Waals surface area contributed by atoms with Crippen molar-refractivity contribution in [1.82, 2.24) is 6.15 Å². The predicted molar refractivity (Wildman–Crippen MR) is 52.4 cm³/mol. The zero-order chi connectivity index (χ0) is 10.4. The molecule has 5 heteroatoms. The molecule has 0 unspecified atom stereocenters. The SMILES string of the molecule is CC(C)C[C@H](CC(N)=O)CC(=O)[O-].[NH4+]. The molecule has 0 rings (SSSR count). The van der Waals surface area contributed by atoms with Crippen LogP contribution in [-0.2, 0) is 9.59 Å². The molecule has 0 aromatic carbocycles. The lowest BCUT2D eigenvalue weighted by molar-refractivity contribution is -0.306. The summed E-state index contributed by atoms with van der Waals surface area (Å²) in [4.78, 5) is 20.9. The van der Waals surface area contributed by atoms with Gasteiger partial charge in [0, 0.05) is 12.4 Å². The molecule has 0 heterocycles. The fourth-order valence-corrected chi connectivity index (χ4v) is 1.43. The van der Waals surface area contributed by atoms with E-state index in [2.05, 4.69) is 0 Å². The van der Waals surface area contributed by atoms with E-state index in [0.717, 1.165) is 0 Å². The van der Waals surface area contributed by atoms with Gasteiger partial charge in [0.05, 0.1) is 0 Å². The number of carboxylic acid groups (broad SMARTS) is 1. The van der Waals surface area contributed by atoms with Crippen molar-refractivity contribution in [3.63, 3.8) is 0 Å². The van der Waals surface area contributed by atoms with Crippen LogP contribution in [0, 0.1) is 11.8 Å². The summed E-state index contributed by atoms with van der Waals surface area (Å²) in [5.41, 5.74) is 4.99. The third-order valence-electron chi connectivity index (χ3n) is 1.75. The third kappa shape index (κ3) is 8.99. The van der Waals surface area contributed by atoms with E-state index in [0.29, 0.717) is 12.3 Å². The normalized spacial score (nSPS) is 11.9. The van der Waals surface area contributed by atoms with Crippen molar-refractivity contribution in [2.24, 2.45) is 17.6 Å². The maximum Gasteiger partial charge on any atom is 0.217 e. The Balaban J connectivity index is 0. The number of carboxylic acids is 1. The molecular weight excluding hydrogens is 184 g/mol. The molecule has 14 heavy (non-hydrogen) atoms. The average Bonchev–Trinajstić information content (AvgIpc) is 1.80. The van der Waals surface area contributed by atoms with Gasteiger partial charge in [-0.15, -0.1) is 0 Å². The van der Waals surface area contributed by atoms with Gasteiger partial charge >= 0.3 is 0 Å². The van der Waals surface area contributed by atoms with Crippen LogP contribution in [0.3, 0.4) is 0 Å². The van der Waals surface area contributed by atoms with Crippen LogP contribution in [-0.4, -0.2) is 11.9 Å². The van der Waals surface area contributed by atoms with Crippen molar-refractivity contribution in [1.29, 1.82) is 0 Å². The minimum absolute atomic E-state index is 0. The largest absolute Gasteiger partial charge is 0.550 e. The molecule has 0 spiro atoms. The molecule has 5 nitrogen and oxygen atoms in total. The van der Waals surface area contributed by atoms with Crippen LogP contribution in [0.2, 0.25) is 0 Å². The molecule has 0 saturated carbocycles. The van der Waals surface area contributed by atoms with Crippen molar-refractivity contribution in [3.8, 4) is 0 Å². The molecule has 0 aromatic rings. The minimum atomic E-state index is -1.12. The summed E-state index contributed by atoms with van der Waals surface area (Å²) in [6.07, 6.45) is 0.740. The number of hydrogen-bond donors (Lipinski definition) is 2. The minimum Gasteiger partial charge on any atom is -0.550 e. The summed E-state index contributed by atoms with van der Waals surface area (Å²) in [6, 6.07) is 0. The number of carbonyl (C=O) groups excluding carboxylic acids is 2. The smallest absolute Gasteiger partial charge is 0.217 e. The standard InChI is InChI=1S/C9H17NO3.H3N/c1-6(2)3-7(4-8(10)11)5-9(12)13;/h6-7H,3-5H2,1-2H3,(H2,10,11)(H,12,13);1H3/t7-;/m1./s1. The van der Waals surface area contributed by atoms with Gasteiger partial charge in [-0.25, -0.2) is 0 Å². The van der Waals surface area contributed by atoms with Crippen LogP contribution in [0.25, 0.3) is 0 Å². The van der Waals surface area contributed by atoms with E-state index in [-0.39, 0.29) is 24.9 Å². The third-order valence-corrected chi connectivity index (χ3v) is 1.75. The monoisotopic (exact) mass is 204 g/mol. The van der Waals surface area contributed by atoms with Crippen LogP contribution < -0.4 is 17.0 Å². The summed E-state index contributed by atoms with van der Waals surface area (Å²) in [7, 11) is 0. The summed E-state index contributed by atoms with van der Waals surface area (Å²) >= 11 is 0. The van der Waals surface area contributed by atoms with Crippen LogP contribution >= 0.6 is 0 Å². The molecule has 0 aliphatic heterocycles. The number of primary amides is 1. The van der Waals surface area contributed by atoms with E-state index in [1.807, 2.05) is 13.8 Å². The molecule has 1 amide bonds. The molecule has 0 aromatic heterocycles. The van der Waals surface area contributed by atoms with Crippen LogP contribution in [0.5, 0.6) is 0 Å². The maximum atomic E-state index is 10.6. The first-order valence-corrected chi connectivity index (χ1v) is 4.40. The Morgan fingerprint density at radius 2 is 1.79 bits per heavy atom. The fourth-order valence-electron chi connectivity index (χ4n) is 1.43. The Morgan fingerprint density at radius 3 is 2.07 bits per heavy atom. The van der Waals surface area contributed by atoms with Gasteiger partial charge in [-0.1, -0.05) is 13.8 Å². The Morgan fingerprint density at radius 1 is 1.29 bits per heavy atom. The van der Waals surface area contributed by atoms with E-state index in [9.17, 15) is 14.7 Å². The van der Waals surface area contributed by atoms with Crippen LogP contribution in [0.15, 0.2) is 0 Å². The van der Waals surface area contributed by atoms with E-state index >= 15 is 0 Å². The van der Waals surface area contributed by atoms with Gasteiger partial charge in [-0.05, 0) is 24.7 Å². The molecule has 0 bridgehead atoms. The highest BCUT2D eigenvalue weighted by molar-refractivity contribution is 5.75. The number of hydrogen-bond acceptors (Lipinski definition) is 3. The number of nitrogens with two attached hydrogens (primary N) is 1. The first-order valence-electron chi connectivity index (χ1n) is 4.40. The number of amides is 1. The molecule has 0 radical (unpaired) electrons. The molecule has 0 aliphatic rings. The highest BCUT2D eigenvalue weighted by Crippen LogP contribution is 2.18. The van der Waals surface area contributed by atoms with Crippen LogP contribution in [0.4, 0.5) is 0 Å². The number of carbonyl (C=O) groups is 2. The van der Waals surface area contributed by atoms with Crippen molar-refractivity contribution in [2.45, 2.75) is 33.1 Å². The Bertz CT molecular complexity index is 176. The molecule has 1 atom stereocenters. The first-order chi connectivity index (χ1) is 5.91. The molecule has 0 saturated heterocycles. The Hall–Kier alpha value is -1.10. The van der Waals surface area contributed by atoms with Gasteiger partial charge in [0.25, 0.3) is 0 Å². The molecular formula is C9H20N2O3. The molecule has 0 aliphatic carbocycles. The molecule has 6 N–H and O–H groups in total. The second-order valence-corrected chi connectivity index (χ2v) is 3.74. The molecule has 0 fully saturated rings. The topological polar surface area (TPSA) is 120 Å². The number of quaternary nitrogens is 1. The van der Waals surface area contributed by atoms with E-state index < -0.39 is 11.9 Å². The first kappa shape index (κ1) is 15.4. The summed E-state index contributed by atoms with van der Waals surface area (Å²) in [6.45, 7) is 3.95. The van der Waals surface area contributed by atoms with Gasteiger partial charge in [-0.2, -0.15) is 0 Å². The van der Waals surface area contributed by atoms with Crippen molar-refractivity contribution >= 4 is 11.9 Å². The summed E-state index contributed by atoms with van der Waals surface area (Å²) < 4.78 is 0. The summed E-state index contributed by atoms with van der Waals surface area (Å²) in [5, 5.41) is 10.3. The average molecular weight is 204 g/mol. The van der Waals surface area contributed by atoms with Gasteiger partial charge in [0.15, 0.2) is 0 Å². The second kappa shape index (κ2) is 7.32. The van der Waals surface area contributed by atoms with E-state index in [4.69, 9.17) is 5.73 Å². The van der Waals surface area contributed by atoms with Gasteiger partial charge < -0.3 is 21.8 Å². The fraction of sp³-hybridized carbons (Fsp3) is 0.778. The number of aliphatic carboxylic acids is 1. The predicted octanol–water partition coefficient (Wildman–Crippen LogP) is 0.0403. The van der Waals surface area contributed by atoms with Crippen molar-refractivity contribution in [3.05, 3.63) is 0 Å². The maximum absolute atomic E-state index is 10.6. The molecule has 84 valence electrons. The van der Waals surface area contributed by atoms with Gasteiger partial charge in [0.2, 0.25) is 5.91 Å².